The fourth-order valence-corrected chi connectivity index (χ4v) is 1.69. The molecular formula is C14H15ClN2O. The van der Waals surface area contributed by atoms with Crippen LogP contribution in [0.3, 0.4) is 0 Å². The Kier molecular flexibility index (Phi) is 4.56. The highest BCUT2D eigenvalue weighted by atomic mass is 35.5. The zero-order chi connectivity index (χ0) is 12.8. The third-order valence-corrected chi connectivity index (χ3v) is 2.79. The SMILES string of the molecule is CNc1ccnc(COCc2ccc(Cl)cc2)c1. The summed E-state index contributed by atoms with van der Waals surface area (Å²) in [5, 5.41) is 3.81. The second-order valence-electron chi connectivity index (χ2n) is 3.91. The second-order valence-corrected chi connectivity index (χ2v) is 4.34. The van der Waals surface area contributed by atoms with Crippen LogP contribution >= 0.6 is 11.6 Å². The van der Waals surface area contributed by atoms with Crippen molar-refractivity contribution in [2.24, 2.45) is 0 Å². The maximum Gasteiger partial charge on any atom is 0.0893 e. The van der Waals surface area contributed by atoms with Gasteiger partial charge < -0.3 is 10.1 Å². The van der Waals surface area contributed by atoms with Crippen molar-refractivity contribution in [1.82, 2.24) is 4.98 Å². The van der Waals surface area contributed by atoms with Crippen LogP contribution in [0.25, 0.3) is 0 Å². The highest BCUT2D eigenvalue weighted by Crippen LogP contribution is 2.12. The molecule has 0 radical (unpaired) electrons. The fourth-order valence-electron chi connectivity index (χ4n) is 1.57. The van der Waals surface area contributed by atoms with Crippen molar-refractivity contribution in [2.45, 2.75) is 13.2 Å². The Bertz CT molecular complexity index is 499. The topological polar surface area (TPSA) is 34.2 Å². The first-order chi connectivity index (χ1) is 8.78. The summed E-state index contributed by atoms with van der Waals surface area (Å²) in [5.74, 6) is 0. The van der Waals surface area contributed by atoms with E-state index in [-0.39, 0.29) is 0 Å². The van der Waals surface area contributed by atoms with E-state index in [0.717, 1.165) is 22.0 Å². The van der Waals surface area contributed by atoms with Gasteiger partial charge in [0.05, 0.1) is 18.9 Å². The number of nitrogens with zero attached hydrogens (tertiary/aromatic N) is 1. The van der Waals surface area contributed by atoms with Gasteiger partial charge in [-0.1, -0.05) is 23.7 Å². The fraction of sp³-hybridized carbons (Fsp3) is 0.214. The van der Waals surface area contributed by atoms with E-state index in [0.29, 0.717) is 13.2 Å². The van der Waals surface area contributed by atoms with Crippen molar-refractivity contribution in [3.8, 4) is 0 Å². The van der Waals surface area contributed by atoms with E-state index >= 15 is 0 Å². The van der Waals surface area contributed by atoms with Gasteiger partial charge in [0.25, 0.3) is 0 Å². The second kappa shape index (κ2) is 6.38. The van der Waals surface area contributed by atoms with Crippen LogP contribution in [0.2, 0.25) is 5.02 Å². The molecule has 0 saturated heterocycles. The average molecular weight is 263 g/mol. The Morgan fingerprint density at radius 1 is 1.17 bits per heavy atom. The number of hydrogen-bond acceptors (Lipinski definition) is 3. The summed E-state index contributed by atoms with van der Waals surface area (Å²) in [4.78, 5) is 4.25. The minimum atomic E-state index is 0.498. The predicted octanol–water partition coefficient (Wildman–Crippen LogP) is 3.49. The van der Waals surface area contributed by atoms with Crippen molar-refractivity contribution in [1.29, 1.82) is 0 Å². The van der Waals surface area contributed by atoms with Crippen LogP contribution in [-0.4, -0.2) is 12.0 Å². The first-order valence-corrected chi connectivity index (χ1v) is 6.10. The molecule has 0 atom stereocenters. The van der Waals surface area contributed by atoms with Crippen LogP contribution in [0.1, 0.15) is 11.3 Å². The molecule has 1 N–H and O–H groups in total. The van der Waals surface area contributed by atoms with Crippen molar-refractivity contribution >= 4 is 17.3 Å². The minimum Gasteiger partial charge on any atom is -0.388 e. The summed E-state index contributed by atoms with van der Waals surface area (Å²) in [6.07, 6.45) is 1.77. The quantitative estimate of drug-likeness (QED) is 0.896. The number of anilines is 1. The van der Waals surface area contributed by atoms with Gasteiger partial charge >= 0.3 is 0 Å². The molecule has 0 aliphatic rings. The predicted molar refractivity (Wildman–Crippen MR) is 73.7 cm³/mol. The van der Waals surface area contributed by atoms with Crippen LogP contribution in [0, 0.1) is 0 Å². The van der Waals surface area contributed by atoms with Gasteiger partial charge in [0.2, 0.25) is 0 Å². The van der Waals surface area contributed by atoms with Crippen LogP contribution < -0.4 is 5.32 Å². The molecule has 0 aliphatic carbocycles. The molecule has 0 unspecified atom stereocenters. The average Bonchev–Trinajstić information content (AvgIpc) is 2.41. The number of ether oxygens (including phenoxy) is 1. The zero-order valence-corrected chi connectivity index (χ0v) is 10.9. The molecule has 0 amide bonds. The maximum absolute atomic E-state index is 5.82. The van der Waals surface area contributed by atoms with Crippen molar-refractivity contribution in [2.75, 3.05) is 12.4 Å². The van der Waals surface area contributed by atoms with Crippen LogP contribution in [-0.2, 0) is 18.0 Å². The number of pyridine rings is 1. The molecule has 3 nitrogen and oxygen atoms in total. The van der Waals surface area contributed by atoms with E-state index < -0.39 is 0 Å². The molecule has 1 heterocycles. The van der Waals surface area contributed by atoms with Crippen LogP contribution in [0.15, 0.2) is 42.6 Å². The summed E-state index contributed by atoms with van der Waals surface area (Å²) in [5.41, 5.74) is 3.05. The number of halogens is 1. The number of rotatable bonds is 5. The lowest BCUT2D eigenvalue weighted by atomic mass is 10.2. The molecule has 94 valence electrons. The van der Waals surface area contributed by atoms with Crippen LogP contribution in [0.4, 0.5) is 5.69 Å². The number of aromatic nitrogens is 1. The molecule has 2 rings (SSSR count). The van der Waals surface area contributed by atoms with Gasteiger partial charge in [0, 0.05) is 24.0 Å². The first-order valence-electron chi connectivity index (χ1n) is 5.73. The first kappa shape index (κ1) is 12.9. The third-order valence-electron chi connectivity index (χ3n) is 2.54. The van der Waals surface area contributed by atoms with Crippen LogP contribution in [0.5, 0.6) is 0 Å². The van der Waals surface area contributed by atoms with Crippen molar-refractivity contribution in [3.05, 3.63) is 58.9 Å². The Hall–Kier alpha value is -1.58. The van der Waals surface area contributed by atoms with Gasteiger partial charge in [-0.25, -0.2) is 0 Å². The molecule has 1 aromatic carbocycles. The van der Waals surface area contributed by atoms with Gasteiger partial charge in [0.1, 0.15) is 0 Å². The summed E-state index contributed by atoms with van der Waals surface area (Å²) < 4.78 is 5.61. The monoisotopic (exact) mass is 262 g/mol. The normalized spacial score (nSPS) is 10.3. The molecule has 18 heavy (non-hydrogen) atoms. The Labute approximate surface area is 112 Å². The van der Waals surface area contributed by atoms with Gasteiger partial charge in [-0.2, -0.15) is 0 Å². The van der Waals surface area contributed by atoms with Gasteiger partial charge in [-0.15, -0.1) is 0 Å². The lowest BCUT2D eigenvalue weighted by Gasteiger charge is -2.06. The molecule has 0 saturated carbocycles. The highest BCUT2D eigenvalue weighted by molar-refractivity contribution is 6.30. The zero-order valence-electron chi connectivity index (χ0n) is 10.2. The van der Waals surface area contributed by atoms with E-state index in [9.17, 15) is 0 Å². The summed E-state index contributed by atoms with van der Waals surface area (Å²) in [6.45, 7) is 1.06. The lowest BCUT2D eigenvalue weighted by Crippen LogP contribution is -1.98. The minimum absolute atomic E-state index is 0.498. The van der Waals surface area contributed by atoms with E-state index in [1.807, 2.05) is 43.4 Å². The largest absolute Gasteiger partial charge is 0.388 e. The third kappa shape index (κ3) is 3.72. The molecule has 0 aliphatic heterocycles. The van der Waals surface area contributed by atoms with Crippen molar-refractivity contribution < 1.29 is 4.74 Å². The molecular weight excluding hydrogens is 248 g/mol. The number of benzene rings is 1. The van der Waals surface area contributed by atoms with E-state index in [4.69, 9.17) is 16.3 Å². The molecule has 4 heteroatoms. The van der Waals surface area contributed by atoms with E-state index in [1.54, 1.807) is 6.20 Å². The molecule has 0 bridgehead atoms. The summed E-state index contributed by atoms with van der Waals surface area (Å²) in [6, 6.07) is 11.5. The smallest absolute Gasteiger partial charge is 0.0893 e. The van der Waals surface area contributed by atoms with Gasteiger partial charge in [-0.3, -0.25) is 4.98 Å². The highest BCUT2D eigenvalue weighted by Gasteiger charge is 1.98. The number of hydrogen-bond donors (Lipinski definition) is 1. The van der Waals surface area contributed by atoms with E-state index in [1.165, 1.54) is 0 Å². The lowest BCUT2D eigenvalue weighted by molar-refractivity contribution is 0.104. The molecule has 2 aromatic rings. The molecule has 0 fully saturated rings. The van der Waals surface area contributed by atoms with E-state index in [2.05, 4.69) is 10.3 Å². The molecule has 1 aromatic heterocycles. The molecule has 0 spiro atoms. The Morgan fingerprint density at radius 2 is 1.94 bits per heavy atom. The number of nitrogens with one attached hydrogen (secondary N) is 1. The van der Waals surface area contributed by atoms with Crippen molar-refractivity contribution in [3.63, 3.8) is 0 Å². The Morgan fingerprint density at radius 3 is 2.67 bits per heavy atom. The standard InChI is InChI=1S/C14H15ClN2O/c1-16-13-6-7-17-14(8-13)10-18-9-11-2-4-12(15)5-3-11/h2-8H,9-10H2,1H3,(H,16,17). The Balaban J connectivity index is 1.86. The summed E-state index contributed by atoms with van der Waals surface area (Å²) >= 11 is 5.82. The van der Waals surface area contributed by atoms with Gasteiger partial charge in [0.15, 0.2) is 0 Å². The van der Waals surface area contributed by atoms with Gasteiger partial charge in [-0.05, 0) is 29.8 Å². The summed E-state index contributed by atoms with van der Waals surface area (Å²) in [7, 11) is 1.88. The maximum atomic E-state index is 5.82.